The molecule has 6 heteroatoms. The second-order valence-electron chi connectivity index (χ2n) is 6.72. The smallest absolute Gasteiger partial charge is 0.259 e. The van der Waals surface area contributed by atoms with Crippen LogP contribution in [0, 0.1) is 0 Å². The summed E-state index contributed by atoms with van der Waals surface area (Å²) in [6.07, 6.45) is -1.61. The molecule has 4 rings (SSSR count). The first-order valence-electron chi connectivity index (χ1n) is 9.24. The first-order valence-corrected chi connectivity index (χ1v) is 9.62. The van der Waals surface area contributed by atoms with Crippen molar-refractivity contribution in [1.82, 2.24) is 0 Å². The van der Waals surface area contributed by atoms with Gasteiger partial charge in [-0.3, -0.25) is 9.59 Å². The molecule has 1 fully saturated rings. The summed E-state index contributed by atoms with van der Waals surface area (Å²) in [7, 11) is 0. The number of carbonyl (C=O) groups is 2. The maximum absolute atomic E-state index is 13.1. The zero-order valence-corrected chi connectivity index (χ0v) is 16.3. The summed E-state index contributed by atoms with van der Waals surface area (Å²) in [6.45, 7) is 0.398. The number of benzene rings is 3. The van der Waals surface area contributed by atoms with Gasteiger partial charge in [0.05, 0.1) is 6.54 Å². The number of carbonyl (C=O) groups excluding carboxylic acids is 2. The van der Waals surface area contributed by atoms with E-state index in [0.717, 1.165) is 11.3 Å². The molecule has 2 amide bonds. The highest BCUT2D eigenvalue weighted by molar-refractivity contribution is 6.30. The molecule has 0 aromatic heterocycles. The molecular formula is C23H19ClN2O3. The summed E-state index contributed by atoms with van der Waals surface area (Å²) in [5, 5.41) is 3.33. The summed E-state index contributed by atoms with van der Waals surface area (Å²) in [4.78, 5) is 27.2. The Morgan fingerprint density at radius 1 is 0.862 bits per heavy atom. The first kappa shape index (κ1) is 19.2. The van der Waals surface area contributed by atoms with Crippen molar-refractivity contribution in [2.45, 2.75) is 18.8 Å². The lowest BCUT2D eigenvalue weighted by Gasteiger charge is -2.22. The molecule has 1 saturated heterocycles. The van der Waals surface area contributed by atoms with E-state index in [0.29, 0.717) is 17.3 Å². The van der Waals surface area contributed by atoms with E-state index in [9.17, 15) is 9.59 Å². The molecule has 1 heterocycles. The van der Waals surface area contributed by atoms with E-state index in [1.54, 1.807) is 29.2 Å². The van der Waals surface area contributed by atoms with Crippen LogP contribution < -0.4 is 10.2 Å². The Kier molecular flexibility index (Phi) is 5.60. The number of nitrogens with one attached hydrogen (secondary N) is 1. The highest BCUT2D eigenvalue weighted by atomic mass is 35.5. The Hall–Kier alpha value is -3.15. The number of rotatable bonds is 6. The van der Waals surface area contributed by atoms with Gasteiger partial charge in [0.1, 0.15) is 0 Å². The van der Waals surface area contributed by atoms with Crippen molar-refractivity contribution in [1.29, 1.82) is 0 Å². The van der Waals surface area contributed by atoms with Gasteiger partial charge in [-0.1, -0.05) is 60.1 Å². The third kappa shape index (κ3) is 4.65. The molecule has 5 nitrogen and oxygen atoms in total. The Bertz CT molecular complexity index is 994. The van der Waals surface area contributed by atoms with Crippen molar-refractivity contribution in [3.63, 3.8) is 0 Å². The van der Waals surface area contributed by atoms with E-state index in [1.807, 2.05) is 60.7 Å². The number of para-hydroxylation sites is 1. The number of halogens is 1. The number of anilines is 2. The average Bonchev–Trinajstić information content (AvgIpc) is 3.56. The van der Waals surface area contributed by atoms with Crippen molar-refractivity contribution >= 4 is 34.8 Å². The summed E-state index contributed by atoms with van der Waals surface area (Å²) in [5.74, 6) is -0.588. The minimum atomic E-state index is -0.805. The lowest BCUT2D eigenvalue weighted by molar-refractivity contribution is -0.120. The van der Waals surface area contributed by atoms with Crippen LogP contribution in [0.2, 0.25) is 5.02 Å². The molecule has 3 aromatic carbocycles. The van der Waals surface area contributed by atoms with Crippen LogP contribution in [-0.2, 0) is 20.9 Å². The van der Waals surface area contributed by atoms with E-state index in [2.05, 4.69) is 5.32 Å². The maximum Gasteiger partial charge on any atom is 0.259 e. The molecule has 2 unspecified atom stereocenters. The monoisotopic (exact) mass is 406 g/mol. The summed E-state index contributed by atoms with van der Waals surface area (Å²) in [5.41, 5.74) is 2.35. The van der Waals surface area contributed by atoms with Crippen molar-refractivity contribution in [2.24, 2.45) is 0 Å². The first-order chi connectivity index (χ1) is 14.1. The van der Waals surface area contributed by atoms with Crippen LogP contribution in [0.1, 0.15) is 5.56 Å². The number of amides is 2. The van der Waals surface area contributed by atoms with E-state index in [1.165, 1.54) is 0 Å². The zero-order chi connectivity index (χ0) is 20.2. The topological polar surface area (TPSA) is 61.9 Å². The fraction of sp³-hybridized carbons (Fsp3) is 0.130. The fourth-order valence-electron chi connectivity index (χ4n) is 3.07. The van der Waals surface area contributed by atoms with Crippen molar-refractivity contribution < 1.29 is 14.3 Å². The SMILES string of the molecule is O=C(Nc1ccc(Cl)cc1)C1OC1C(=O)N(Cc1ccccc1)c1ccccc1. The van der Waals surface area contributed by atoms with Crippen LogP contribution in [0.3, 0.4) is 0 Å². The molecule has 146 valence electrons. The molecule has 1 aliphatic rings. The van der Waals surface area contributed by atoms with Crippen molar-refractivity contribution in [3.8, 4) is 0 Å². The molecule has 3 aromatic rings. The second-order valence-corrected chi connectivity index (χ2v) is 7.16. The fourth-order valence-corrected chi connectivity index (χ4v) is 3.20. The van der Waals surface area contributed by atoms with Gasteiger partial charge in [-0.05, 0) is 42.0 Å². The van der Waals surface area contributed by atoms with Gasteiger partial charge in [0, 0.05) is 16.4 Å². The van der Waals surface area contributed by atoms with Gasteiger partial charge < -0.3 is 15.0 Å². The van der Waals surface area contributed by atoms with Gasteiger partial charge in [0.2, 0.25) is 0 Å². The minimum absolute atomic E-state index is 0.240. The minimum Gasteiger partial charge on any atom is -0.349 e. The van der Waals surface area contributed by atoms with Crippen LogP contribution in [-0.4, -0.2) is 24.0 Å². The molecule has 1 N–H and O–H groups in total. The number of nitrogens with zero attached hydrogens (tertiary/aromatic N) is 1. The third-order valence-electron chi connectivity index (χ3n) is 4.62. The molecule has 0 saturated carbocycles. The molecule has 2 atom stereocenters. The summed E-state index contributed by atoms with van der Waals surface area (Å²) in [6, 6.07) is 25.9. The largest absolute Gasteiger partial charge is 0.349 e. The highest BCUT2D eigenvalue weighted by Crippen LogP contribution is 2.29. The summed E-state index contributed by atoms with van der Waals surface area (Å²) < 4.78 is 5.45. The van der Waals surface area contributed by atoms with E-state index < -0.39 is 12.2 Å². The normalized spacial score (nSPS) is 17.4. The van der Waals surface area contributed by atoms with Crippen LogP contribution in [0.25, 0.3) is 0 Å². The Balaban J connectivity index is 1.47. The van der Waals surface area contributed by atoms with Crippen molar-refractivity contribution in [2.75, 3.05) is 10.2 Å². The highest BCUT2D eigenvalue weighted by Gasteiger charge is 2.52. The summed E-state index contributed by atoms with van der Waals surface area (Å²) >= 11 is 5.86. The molecule has 0 spiro atoms. The van der Waals surface area contributed by atoms with Gasteiger partial charge in [0.15, 0.2) is 12.2 Å². The lowest BCUT2D eigenvalue weighted by Crippen LogP contribution is -2.36. The molecule has 0 aliphatic carbocycles. The van der Waals surface area contributed by atoms with Crippen LogP contribution in [0.15, 0.2) is 84.9 Å². The van der Waals surface area contributed by atoms with Gasteiger partial charge in [-0.15, -0.1) is 0 Å². The van der Waals surface area contributed by atoms with Gasteiger partial charge >= 0.3 is 0 Å². The van der Waals surface area contributed by atoms with Gasteiger partial charge in [0.25, 0.3) is 11.8 Å². The molecule has 1 aliphatic heterocycles. The molecule has 0 bridgehead atoms. The Labute approximate surface area is 173 Å². The van der Waals surface area contributed by atoms with Crippen LogP contribution in [0.4, 0.5) is 11.4 Å². The maximum atomic E-state index is 13.1. The number of ether oxygens (including phenoxy) is 1. The van der Waals surface area contributed by atoms with Gasteiger partial charge in [-0.25, -0.2) is 0 Å². The number of hydrogen-bond acceptors (Lipinski definition) is 3. The molecule has 29 heavy (non-hydrogen) atoms. The van der Waals surface area contributed by atoms with E-state index >= 15 is 0 Å². The second kappa shape index (κ2) is 8.47. The predicted molar refractivity (Wildman–Crippen MR) is 113 cm³/mol. The van der Waals surface area contributed by atoms with Crippen LogP contribution >= 0.6 is 11.6 Å². The van der Waals surface area contributed by atoms with E-state index in [-0.39, 0.29) is 11.8 Å². The zero-order valence-electron chi connectivity index (χ0n) is 15.5. The van der Waals surface area contributed by atoms with Crippen LogP contribution in [0.5, 0.6) is 0 Å². The Morgan fingerprint density at radius 3 is 2.14 bits per heavy atom. The average molecular weight is 407 g/mol. The molecular weight excluding hydrogens is 388 g/mol. The van der Waals surface area contributed by atoms with Gasteiger partial charge in [-0.2, -0.15) is 0 Å². The quantitative estimate of drug-likeness (QED) is 0.621. The standard InChI is InChI=1S/C23H19ClN2O3/c24-17-11-13-18(14-12-17)25-22(27)20-21(29-20)23(28)26(19-9-5-2-6-10-19)15-16-7-3-1-4-8-16/h1-14,20-21H,15H2,(H,25,27). The van der Waals surface area contributed by atoms with Crippen molar-refractivity contribution in [3.05, 3.63) is 95.5 Å². The Morgan fingerprint density at radius 2 is 1.48 bits per heavy atom. The lowest BCUT2D eigenvalue weighted by atomic mass is 10.1. The molecule has 0 radical (unpaired) electrons. The number of epoxide rings is 1. The number of hydrogen-bond donors (Lipinski definition) is 1. The predicted octanol–water partition coefficient (Wildman–Crippen LogP) is 4.28. The third-order valence-corrected chi connectivity index (χ3v) is 4.87. The van der Waals surface area contributed by atoms with E-state index in [4.69, 9.17) is 16.3 Å².